The highest BCUT2D eigenvalue weighted by Gasteiger charge is 2.11. The van der Waals surface area contributed by atoms with Gasteiger partial charge in [0.05, 0.1) is 11.1 Å². The second-order valence-electron chi connectivity index (χ2n) is 6.73. The van der Waals surface area contributed by atoms with Crippen LogP contribution in [-0.2, 0) is 6.61 Å². The van der Waals surface area contributed by atoms with Gasteiger partial charge in [0, 0.05) is 40.4 Å². The molecule has 2 N–H and O–H groups in total. The highest BCUT2D eigenvalue weighted by atomic mass is 16.6. The average molecular weight is 414 g/mol. The third-order valence-electron chi connectivity index (χ3n) is 4.62. The lowest BCUT2D eigenvalue weighted by Crippen LogP contribution is -2.17. The number of hydrazone groups is 1. The summed E-state index contributed by atoms with van der Waals surface area (Å²) in [6, 6.07) is 21.0. The largest absolute Gasteiger partial charge is 0.489 e. The summed E-state index contributed by atoms with van der Waals surface area (Å²) in [7, 11) is 0. The van der Waals surface area contributed by atoms with Crippen molar-refractivity contribution in [1.82, 2.24) is 10.4 Å². The van der Waals surface area contributed by atoms with Gasteiger partial charge in [-0.3, -0.25) is 14.9 Å². The van der Waals surface area contributed by atoms with Crippen molar-refractivity contribution >= 4 is 28.7 Å². The number of carbonyl (C=O) groups excluding carboxylic acids is 1. The van der Waals surface area contributed by atoms with Crippen LogP contribution in [0.15, 0.2) is 84.1 Å². The number of nitrogens with one attached hydrogen (secondary N) is 2. The van der Waals surface area contributed by atoms with Crippen LogP contribution in [0.2, 0.25) is 0 Å². The Kier molecular flexibility index (Phi) is 5.70. The third kappa shape index (κ3) is 4.76. The molecule has 0 bridgehead atoms. The van der Waals surface area contributed by atoms with Crippen LogP contribution in [0.4, 0.5) is 5.69 Å². The molecule has 4 rings (SSSR count). The van der Waals surface area contributed by atoms with Crippen LogP contribution in [0.1, 0.15) is 21.5 Å². The van der Waals surface area contributed by atoms with Gasteiger partial charge in [-0.25, -0.2) is 5.43 Å². The molecule has 0 saturated carbocycles. The predicted molar refractivity (Wildman–Crippen MR) is 117 cm³/mol. The normalized spacial score (nSPS) is 11.0. The van der Waals surface area contributed by atoms with E-state index < -0.39 is 10.8 Å². The van der Waals surface area contributed by atoms with Gasteiger partial charge >= 0.3 is 0 Å². The molecule has 1 heterocycles. The van der Waals surface area contributed by atoms with Crippen LogP contribution in [0.25, 0.3) is 10.9 Å². The van der Waals surface area contributed by atoms with E-state index in [0.29, 0.717) is 12.4 Å². The fourth-order valence-corrected chi connectivity index (χ4v) is 3.04. The van der Waals surface area contributed by atoms with Gasteiger partial charge in [-0.15, -0.1) is 0 Å². The van der Waals surface area contributed by atoms with Gasteiger partial charge in [-0.05, 0) is 29.8 Å². The Bertz CT molecular complexity index is 1270. The Labute approximate surface area is 177 Å². The topological polar surface area (TPSA) is 110 Å². The van der Waals surface area contributed by atoms with Gasteiger partial charge in [0.1, 0.15) is 12.4 Å². The first-order valence-corrected chi connectivity index (χ1v) is 9.46. The summed E-state index contributed by atoms with van der Waals surface area (Å²) in [4.78, 5) is 25.7. The van der Waals surface area contributed by atoms with E-state index >= 15 is 0 Å². The van der Waals surface area contributed by atoms with E-state index in [9.17, 15) is 14.9 Å². The maximum Gasteiger partial charge on any atom is 0.271 e. The summed E-state index contributed by atoms with van der Waals surface area (Å²) < 4.78 is 5.87. The summed E-state index contributed by atoms with van der Waals surface area (Å²) in [5.74, 6) is 0.179. The van der Waals surface area contributed by atoms with Crippen molar-refractivity contribution in [3.8, 4) is 5.75 Å². The first kappa shape index (κ1) is 19.8. The number of carbonyl (C=O) groups is 1. The molecule has 8 nitrogen and oxygen atoms in total. The molecule has 0 aliphatic rings. The maximum absolute atomic E-state index is 12.2. The van der Waals surface area contributed by atoms with Gasteiger partial charge in [-0.1, -0.05) is 36.4 Å². The average Bonchev–Trinajstić information content (AvgIpc) is 3.20. The standard InChI is InChI=1S/C23H18N4O4/c28-23(17-7-4-8-19(11-17)27(29)30)26-25-14-18-13-24-22-10-9-20(12-21(18)22)31-15-16-5-2-1-3-6-16/h1-14,24H,15H2,(H,26,28)/b25-14-. The molecule has 4 aromatic rings. The fraction of sp³-hybridized carbons (Fsp3) is 0.0435. The van der Waals surface area contributed by atoms with Crippen molar-refractivity contribution in [2.24, 2.45) is 5.10 Å². The number of nitro groups is 1. The minimum absolute atomic E-state index is 0.155. The number of H-pyrrole nitrogens is 1. The second kappa shape index (κ2) is 8.91. The van der Waals surface area contributed by atoms with E-state index in [1.807, 2.05) is 48.5 Å². The summed E-state index contributed by atoms with van der Waals surface area (Å²) in [6.45, 7) is 0.458. The number of non-ortho nitro benzene ring substituents is 1. The lowest BCUT2D eigenvalue weighted by Gasteiger charge is -2.06. The molecule has 0 atom stereocenters. The molecule has 0 aliphatic carbocycles. The number of fused-ring (bicyclic) bond motifs is 1. The smallest absolute Gasteiger partial charge is 0.271 e. The van der Waals surface area contributed by atoms with Crippen LogP contribution >= 0.6 is 0 Å². The summed E-state index contributed by atoms with van der Waals surface area (Å²) >= 11 is 0. The van der Waals surface area contributed by atoms with E-state index in [1.54, 1.807) is 6.20 Å². The molecule has 1 aromatic heterocycles. The van der Waals surface area contributed by atoms with Gasteiger partial charge in [0.2, 0.25) is 0 Å². The molecule has 3 aromatic carbocycles. The Morgan fingerprint density at radius 2 is 1.94 bits per heavy atom. The zero-order valence-corrected chi connectivity index (χ0v) is 16.3. The molecular formula is C23H18N4O4. The zero-order chi connectivity index (χ0) is 21.6. The predicted octanol–water partition coefficient (Wildman–Crippen LogP) is 4.42. The molecule has 0 aliphatic heterocycles. The SMILES string of the molecule is O=C(N/N=C\c1c[nH]c2ccc(OCc3ccccc3)cc12)c1cccc([N+](=O)[O-])c1. The van der Waals surface area contributed by atoms with E-state index in [0.717, 1.165) is 22.0 Å². The molecule has 8 heteroatoms. The minimum Gasteiger partial charge on any atom is -0.489 e. The second-order valence-corrected chi connectivity index (χ2v) is 6.73. The number of nitrogens with zero attached hydrogens (tertiary/aromatic N) is 2. The number of nitro benzene ring substituents is 1. The van der Waals surface area contributed by atoms with Gasteiger partial charge in [0.15, 0.2) is 0 Å². The molecule has 0 radical (unpaired) electrons. The number of hydrogen-bond donors (Lipinski definition) is 2. The molecule has 31 heavy (non-hydrogen) atoms. The first-order valence-electron chi connectivity index (χ1n) is 9.46. The highest BCUT2D eigenvalue weighted by Crippen LogP contribution is 2.23. The molecule has 1 amide bonds. The first-order chi connectivity index (χ1) is 15.1. The monoisotopic (exact) mass is 414 g/mol. The quantitative estimate of drug-likeness (QED) is 0.265. The van der Waals surface area contributed by atoms with Crippen molar-refractivity contribution < 1.29 is 14.5 Å². The van der Waals surface area contributed by atoms with Crippen molar-refractivity contribution in [2.45, 2.75) is 6.61 Å². The van der Waals surface area contributed by atoms with E-state index in [1.165, 1.54) is 30.5 Å². The number of benzene rings is 3. The lowest BCUT2D eigenvalue weighted by atomic mass is 10.2. The molecule has 0 fully saturated rings. The van der Waals surface area contributed by atoms with Gasteiger partial charge in [0.25, 0.3) is 11.6 Å². The van der Waals surface area contributed by atoms with Crippen LogP contribution in [0.3, 0.4) is 0 Å². The maximum atomic E-state index is 12.2. The summed E-state index contributed by atoms with van der Waals surface area (Å²) in [5, 5.41) is 15.7. The zero-order valence-electron chi connectivity index (χ0n) is 16.3. The third-order valence-corrected chi connectivity index (χ3v) is 4.62. The van der Waals surface area contributed by atoms with E-state index in [2.05, 4.69) is 15.5 Å². The molecule has 0 saturated heterocycles. The number of hydrogen-bond acceptors (Lipinski definition) is 5. The Morgan fingerprint density at radius 1 is 1.10 bits per heavy atom. The van der Waals surface area contributed by atoms with Crippen molar-refractivity contribution in [3.05, 3.63) is 106 Å². The number of amides is 1. The van der Waals surface area contributed by atoms with E-state index in [4.69, 9.17) is 4.74 Å². The summed E-state index contributed by atoms with van der Waals surface area (Å²) in [5.41, 5.74) is 5.13. The molecule has 154 valence electrons. The molecular weight excluding hydrogens is 396 g/mol. The Morgan fingerprint density at radius 3 is 2.74 bits per heavy atom. The highest BCUT2D eigenvalue weighted by molar-refractivity contribution is 6.00. The van der Waals surface area contributed by atoms with Crippen LogP contribution in [0, 0.1) is 10.1 Å². The van der Waals surface area contributed by atoms with Crippen molar-refractivity contribution in [1.29, 1.82) is 0 Å². The van der Waals surface area contributed by atoms with Crippen LogP contribution in [-0.4, -0.2) is 22.0 Å². The van der Waals surface area contributed by atoms with Crippen molar-refractivity contribution in [3.63, 3.8) is 0 Å². The molecule has 0 unspecified atom stereocenters. The van der Waals surface area contributed by atoms with Gasteiger partial charge in [-0.2, -0.15) is 5.10 Å². The number of rotatable bonds is 7. The number of ether oxygens (including phenoxy) is 1. The molecule has 0 spiro atoms. The van der Waals surface area contributed by atoms with E-state index in [-0.39, 0.29) is 11.3 Å². The number of aromatic amines is 1. The number of aromatic nitrogens is 1. The van der Waals surface area contributed by atoms with Crippen LogP contribution in [0.5, 0.6) is 5.75 Å². The van der Waals surface area contributed by atoms with Gasteiger partial charge < -0.3 is 9.72 Å². The van der Waals surface area contributed by atoms with Crippen LogP contribution < -0.4 is 10.2 Å². The Balaban J connectivity index is 1.45. The minimum atomic E-state index is -0.552. The lowest BCUT2D eigenvalue weighted by molar-refractivity contribution is -0.384. The summed E-state index contributed by atoms with van der Waals surface area (Å²) in [6.07, 6.45) is 3.28. The van der Waals surface area contributed by atoms with Crippen molar-refractivity contribution in [2.75, 3.05) is 0 Å². The Hall–Kier alpha value is -4.46. The fourth-order valence-electron chi connectivity index (χ4n) is 3.04.